The van der Waals surface area contributed by atoms with Crippen LogP contribution in [0.3, 0.4) is 0 Å². The summed E-state index contributed by atoms with van der Waals surface area (Å²) in [4.78, 5) is 27.0. The molecule has 0 aromatic heterocycles. The van der Waals surface area contributed by atoms with E-state index in [2.05, 4.69) is 11.4 Å². The molecule has 2 amide bonds. The molecule has 1 heterocycles. The van der Waals surface area contributed by atoms with Crippen LogP contribution in [0.25, 0.3) is 0 Å². The predicted octanol–water partition coefficient (Wildman–Crippen LogP) is 3.52. The number of benzene rings is 2. The van der Waals surface area contributed by atoms with Crippen molar-refractivity contribution in [1.82, 2.24) is 0 Å². The lowest BCUT2D eigenvalue weighted by Crippen LogP contribution is -2.45. The standard InChI is InChI=1S/C23H29N3O2/c1-23(2,3)21(24)22(28)25-18-12-10-16(11-13-18)15-20(27)26-14-6-8-17-7-4-5-9-19(17)26/h4-5,7,9-13,21H,6,8,14-15,24H2,1-3H3,(H,25,28)/t21-/m1/s1. The Balaban J connectivity index is 1.64. The maximum Gasteiger partial charge on any atom is 0.241 e. The van der Waals surface area contributed by atoms with Crippen LogP contribution in [0, 0.1) is 5.41 Å². The van der Waals surface area contributed by atoms with Crippen molar-refractivity contribution >= 4 is 23.2 Å². The van der Waals surface area contributed by atoms with Crippen molar-refractivity contribution < 1.29 is 9.59 Å². The molecule has 2 aromatic carbocycles. The van der Waals surface area contributed by atoms with Gasteiger partial charge in [-0.25, -0.2) is 0 Å². The Hall–Kier alpha value is -2.66. The molecule has 1 aliphatic heterocycles. The summed E-state index contributed by atoms with van der Waals surface area (Å²) in [7, 11) is 0. The van der Waals surface area contributed by atoms with E-state index in [1.165, 1.54) is 5.56 Å². The maximum atomic E-state index is 12.8. The van der Waals surface area contributed by atoms with E-state index in [0.29, 0.717) is 12.1 Å². The highest BCUT2D eigenvalue weighted by Crippen LogP contribution is 2.27. The van der Waals surface area contributed by atoms with Crippen LogP contribution in [0.5, 0.6) is 0 Å². The number of nitrogens with zero attached hydrogens (tertiary/aromatic N) is 1. The van der Waals surface area contributed by atoms with E-state index in [4.69, 9.17) is 5.73 Å². The second kappa shape index (κ2) is 8.15. The van der Waals surface area contributed by atoms with E-state index in [9.17, 15) is 9.59 Å². The Morgan fingerprint density at radius 3 is 2.46 bits per heavy atom. The molecular weight excluding hydrogens is 350 g/mol. The van der Waals surface area contributed by atoms with Crippen LogP contribution in [0.2, 0.25) is 0 Å². The van der Waals surface area contributed by atoms with Gasteiger partial charge in [0.2, 0.25) is 11.8 Å². The zero-order chi connectivity index (χ0) is 20.3. The first kappa shape index (κ1) is 20.1. The number of para-hydroxylation sites is 1. The summed E-state index contributed by atoms with van der Waals surface area (Å²) < 4.78 is 0. The molecule has 0 bridgehead atoms. The lowest BCUT2D eigenvalue weighted by Gasteiger charge is -2.29. The molecule has 3 N–H and O–H groups in total. The molecule has 28 heavy (non-hydrogen) atoms. The normalized spacial score (nSPS) is 14.9. The zero-order valence-electron chi connectivity index (χ0n) is 16.9. The fourth-order valence-corrected chi connectivity index (χ4v) is 3.38. The average Bonchev–Trinajstić information content (AvgIpc) is 2.67. The largest absolute Gasteiger partial charge is 0.325 e. The zero-order valence-corrected chi connectivity index (χ0v) is 16.9. The topological polar surface area (TPSA) is 75.4 Å². The van der Waals surface area contributed by atoms with Crippen LogP contribution in [0.4, 0.5) is 11.4 Å². The number of amides is 2. The highest BCUT2D eigenvalue weighted by Gasteiger charge is 2.27. The third-order valence-corrected chi connectivity index (χ3v) is 5.20. The number of nitrogens with one attached hydrogen (secondary N) is 1. The molecule has 5 nitrogen and oxygen atoms in total. The van der Waals surface area contributed by atoms with Gasteiger partial charge in [0, 0.05) is 17.9 Å². The van der Waals surface area contributed by atoms with E-state index < -0.39 is 6.04 Å². The van der Waals surface area contributed by atoms with Crippen LogP contribution in [-0.4, -0.2) is 24.4 Å². The second-order valence-electron chi connectivity index (χ2n) is 8.48. The summed E-state index contributed by atoms with van der Waals surface area (Å²) in [6.07, 6.45) is 2.34. The quantitative estimate of drug-likeness (QED) is 0.853. The number of nitrogens with two attached hydrogens (primary N) is 1. The van der Waals surface area contributed by atoms with Crippen LogP contribution in [0.1, 0.15) is 38.3 Å². The lowest BCUT2D eigenvalue weighted by molar-refractivity contribution is -0.119. The summed E-state index contributed by atoms with van der Waals surface area (Å²) >= 11 is 0. The van der Waals surface area contributed by atoms with E-state index in [1.54, 1.807) is 0 Å². The van der Waals surface area contributed by atoms with Gasteiger partial charge in [0.05, 0.1) is 12.5 Å². The average molecular weight is 380 g/mol. The van der Waals surface area contributed by atoms with Crippen molar-refractivity contribution in [2.24, 2.45) is 11.1 Å². The van der Waals surface area contributed by atoms with Crippen LogP contribution < -0.4 is 16.0 Å². The van der Waals surface area contributed by atoms with Gasteiger partial charge in [0.25, 0.3) is 0 Å². The van der Waals surface area contributed by atoms with Crippen molar-refractivity contribution in [3.8, 4) is 0 Å². The Kier molecular flexibility index (Phi) is 5.84. The van der Waals surface area contributed by atoms with Crippen molar-refractivity contribution in [3.63, 3.8) is 0 Å². The first-order chi connectivity index (χ1) is 13.3. The molecule has 1 atom stereocenters. The molecular formula is C23H29N3O2. The summed E-state index contributed by atoms with van der Waals surface area (Å²) in [6, 6.07) is 14.9. The number of carbonyl (C=O) groups excluding carboxylic acids is 2. The highest BCUT2D eigenvalue weighted by atomic mass is 16.2. The van der Waals surface area contributed by atoms with Crippen LogP contribution >= 0.6 is 0 Å². The van der Waals surface area contributed by atoms with Crippen LogP contribution in [0.15, 0.2) is 48.5 Å². The van der Waals surface area contributed by atoms with Gasteiger partial charge >= 0.3 is 0 Å². The van der Waals surface area contributed by atoms with E-state index >= 15 is 0 Å². The molecule has 0 unspecified atom stereocenters. The summed E-state index contributed by atoms with van der Waals surface area (Å²) in [5.41, 5.74) is 9.56. The molecule has 0 aliphatic carbocycles. The molecule has 0 spiro atoms. The van der Waals surface area contributed by atoms with Crippen molar-refractivity contribution in [3.05, 3.63) is 59.7 Å². The van der Waals surface area contributed by atoms with Gasteiger partial charge < -0.3 is 16.0 Å². The molecule has 0 saturated heterocycles. The monoisotopic (exact) mass is 379 g/mol. The third kappa shape index (κ3) is 4.60. The Morgan fingerprint density at radius 2 is 1.79 bits per heavy atom. The van der Waals surface area contributed by atoms with E-state index in [1.807, 2.05) is 68.1 Å². The van der Waals surface area contributed by atoms with Gasteiger partial charge in [0.15, 0.2) is 0 Å². The molecule has 0 radical (unpaired) electrons. The van der Waals surface area contributed by atoms with Gasteiger partial charge in [0.1, 0.15) is 0 Å². The fraction of sp³-hybridized carbons (Fsp3) is 0.391. The van der Waals surface area contributed by atoms with Gasteiger partial charge in [-0.05, 0) is 47.6 Å². The third-order valence-electron chi connectivity index (χ3n) is 5.20. The van der Waals surface area contributed by atoms with Gasteiger partial charge in [-0.3, -0.25) is 9.59 Å². The second-order valence-corrected chi connectivity index (χ2v) is 8.48. The summed E-state index contributed by atoms with van der Waals surface area (Å²) in [5, 5.41) is 2.85. The van der Waals surface area contributed by atoms with E-state index in [-0.39, 0.29) is 17.2 Å². The van der Waals surface area contributed by atoms with Crippen molar-refractivity contribution in [1.29, 1.82) is 0 Å². The lowest BCUT2D eigenvalue weighted by atomic mass is 9.87. The number of aryl methyl sites for hydroxylation is 1. The van der Waals surface area contributed by atoms with Gasteiger partial charge in [-0.15, -0.1) is 0 Å². The number of anilines is 2. The smallest absolute Gasteiger partial charge is 0.241 e. The van der Waals surface area contributed by atoms with Gasteiger partial charge in [-0.1, -0.05) is 51.1 Å². The number of fused-ring (bicyclic) bond motifs is 1. The number of hydrogen-bond donors (Lipinski definition) is 2. The van der Waals surface area contributed by atoms with Gasteiger partial charge in [-0.2, -0.15) is 0 Å². The molecule has 3 rings (SSSR count). The molecule has 1 aliphatic rings. The Morgan fingerprint density at radius 1 is 1.11 bits per heavy atom. The predicted molar refractivity (Wildman–Crippen MR) is 113 cm³/mol. The minimum Gasteiger partial charge on any atom is -0.325 e. The first-order valence-corrected chi connectivity index (χ1v) is 9.79. The number of hydrogen-bond acceptors (Lipinski definition) is 3. The molecule has 2 aromatic rings. The molecule has 148 valence electrons. The highest BCUT2D eigenvalue weighted by molar-refractivity contribution is 5.96. The Labute approximate surface area is 166 Å². The molecule has 5 heteroatoms. The first-order valence-electron chi connectivity index (χ1n) is 9.79. The minimum atomic E-state index is -0.590. The van der Waals surface area contributed by atoms with E-state index in [0.717, 1.165) is 30.6 Å². The number of rotatable bonds is 4. The molecule has 0 fully saturated rings. The minimum absolute atomic E-state index is 0.0960. The Bertz CT molecular complexity index is 853. The number of carbonyl (C=O) groups is 2. The maximum absolute atomic E-state index is 12.8. The van der Waals surface area contributed by atoms with Crippen molar-refractivity contribution in [2.75, 3.05) is 16.8 Å². The fourth-order valence-electron chi connectivity index (χ4n) is 3.38. The summed E-state index contributed by atoms with van der Waals surface area (Å²) in [5.74, 6) is -0.111. The molecule has 0 saturated carbocycles. The summed E-state index contributed by atoms with van der Waals surface area (Å²) in [6.45, 7) is 6.56. The van der Waals surface area contributed by atoms with Crippen molar-refractivity contribution in [2.45, 2.75) is 46.1 Å². The SMILES string of the molecule is CC(C)(C)[C@H](N)C(=O)Nc1ccc(CC(=O)N2CCCc3ccccc32)cc1. The van der Waals surface area contributed by atoms with Crippen LogP contribution in [-0.2, 0) is 22.4 Å².